The Morgan fingerprint density at radius 1 is 1.26 bits per heavy atom. The van der Waals surface area contributed by atoms with E-state index in [0.29, 0.717) is 11.4 Å². The van der Waals surface area contributed by atoms with Gasteiger partial charge in [-0.3, -0.25) is 4.90 Å². The van der Waals surface area contributed by atoms with Crippen LogP contribution >= 0.6 is 0 Å². The van der Waals surface area contributed by atoms with Gasteiger partial charge in [-0.05, 0) is 64.8 Å². The zero-order valence-corrected chi connectivity index (χ0v) is 14.1. The molecule has 0 bridgehead atoms. The van der Waals surface area contributed by atoms with Gasteiger partial charge in [-0.1, -0.05) is 12.1 Å². The van der Waals surface area contributed by atoms with Crippen LogP contribution in [0.1, 0.15) is 39.5 Å². The van der Waals surface area contributed by atoms with Crippen molar-refractivity contribution < 1.29 is 9.53 Å². The zero-order valence-electron chi connectivity index (χ0n) is 14.1. The number of hydrogen-bond donors (Lipinski definition) is 2. The molecule has 1 aromatic carbocycles. The average molecular weight is 317 g/mol. The number of benzene rings is 1. The van der Waals surface area contributed by atoms with E-state index in [0.717, 1.165) is 6.54 Å². The summed E-state index contributed by atoms with van der Waals surface area (Å²) in [7, 11) is 0. The standard InChI is InChI=1S/C18H27N3O2/c1-14(2)23-16-8-4-3-7-15(16)20-17(22)19-13-18-9-5-11-21(18)12-6-10-18/h3-4,7-8,14H,5-6,9-13H2,1-2H3,(H2,19,20,22). The molecule has 126 valence electrons. The van der Waals surface area contributed by atoms with Gasteiger partial charge in [-0.15, -0.1) is 0 Å². The summed E-state index contributed by atoms with van der Waals surface area (Å²) in [5, 5.41) is 5.99. The van der Waals surface area contributed by atoms with E-state index >= 15 is 0 Å². The summed E-state index contributed by atoms with van der Waals surface area (Å²) in [6, 6.07) is 7.40. The molecular formula is C18H27N3O2. The van der Waals surface area contributed by atoms with Crippen LogP contribution in [0.15, 0.2) is 24.3 Å². The van der Waals surface area contributed by atoms with Crippen molar-refractivity contribution in [3.8, 4) is 5.75 Å². The highest BCUT2D eigenvalue weighted by Gasteiger charge is 2.44. The Labute approximate surface area is 138 Å². The van der Waals surface area contributed by atoms with Crippen LogP contribution in [0, 0.1) is 0 Å². The van der Waals surface area contributed by atoms with Crippen LogP contribution in [0.2, 0.25) is 0 Å². The molecule has 0 unspecified atom stereocenters. The fourth-order valence-electron chi connectivity index (χ4n) is 3.85. The highest BCUT2D eigenvalue weighted by Crippen LogP contribution is 2.38. The maximum Gasteiger partial charge on any atom is 0.319 e. The van der Waals surface area contributed by atoms with E-state index in [1.807, 2.05) is 38.1 Å². The van der Waals surface area contributed by atoms with E-state index in [-0.39, 0.29) is 17.7 Å². The molecule has 0 spiro atoms. The van der Waals surface area contributed by atoms with Gasteiger partial charge in [0, 0.05) is 12.1 Å². The lowest BCUT2D eigenvalue weighted by Crippen LogP contribution is -2.49. The van der Waals surface area contributed by atoms with Crippen LogP contribution in [0.5, 0.6) is 5.75 Å². The van der Waals surface area contributed by atoms with Gasteiger partial charge in [0.25, 0.3) is 0 Å². The van der Waals surface area contributed by atoms with Crippen molar-refractivity contribution >= 4 is 11.7 Å². The third kappa shape index (κ3) is 3.61. The second kappa shape index (κ2) is 6.79. The number of carbonyl (C=O) groups excluding carboxylic acids is 1. The number of hydrogen-bond acceptors (Lipinski definition) is 3. The molecule has 0 aromatic heterocycles. The minimum atomic E-state index is -0.155. The topological polar surface area (TPSA) is 53.6 Å². The number of urea groups is 1. The smallest absolute Gasteiger partial charge is 0.319 e. The Morgan fingerprint density at radius 2 is 1.96 bits per heavy atom. The molecule has 2 amide bonds. The second-order valence-electron chi connectivity index (χ2n) is 6.89. The molecule has 5 heteroatoms. The summed E-state index contributed by atoms with van der Waals surface area (Å²) < 4.78 is 5.74. The van der Waals surface area contributed by atoms with Crippen molar-refractivity contribution in [3.63, 3.8) is 0 Å². The van der Waals surface area contributed by atoms with Crippen LogP contribution in [0.25, 0.3) is 0 Å². The molecule has 0 radical (unpaired) electrons. The molecule has 23 heavy (non-hydrogen) atoms. The fraction of sp³-hybridized carbons (Fsp3) is 0.611. The summed E-state index contributed by atoms with van der Waals surface area (Å²) in [5.41, 5.74) is 0.913. The van der Waals surface area contributed by atoms with Crippen molar-refractivity contribution in [1.82, 2.24) is 10.2 Å². The normalized spacial score (nSPS) is 19.6. The lowest BCUT2D eigenvalue weighted by Gasteiger charge is -2.32. The van der Waals surface area contributed by atoms with Crippen LogP contribution in [0.3, 0.4) is 0 Å². The summed E-state index contributed by atoms with van der Waals surface area (Å²) in [5.74, 6) is 0.708. The van der Waals surface area contributed by atoms with Crippen molar-refractivity contribution in [2.45, 2.75) is 51.2 Å². The molecular weight excluding hydrogens is 290 g/mol. The highest BCUT2D eigenvalue weighted by molar-refractivity contribution is 5.90. The number of amides is 2. The third-order valence-electron chi connectivity index (χ3n) is 4.89. The first kappa shape index (κ1) is 16.1. The number of rotatable bonds is 5. The Kier molecular flexibility index (Phi) is 4.76. The van der Waals surface area contributed by atoms with E-state index in [1.165, 1.54) is 38.8 Å². The van der Waals surface area contributed by atoms with E-state index in [4.69, 9.17) is 4.74 Å². The Morgan fingerprint density at radius 3 is 2.65 bits per heavy atom. The molecule has 0 saturated carbocycles. The zero-order chi connectivity index (χ0) is 16.3. The average Bonchev–Trinajstić information content (AvgIpc) is 3.06. The number of carbonyl (C=O) groups is 1. The fourth-order valence-corrected chi connectivity index (χ4v) is 3.85. The summed E-state index contributed by atoms with van der Waals surface area (Å²) in [6.07, 6.45) is 4.95. The number of para-hydroxylation sites is 2. The molecule has 0 atom stereocenters. The summed E-state index contributed by atoms with van der Waals surface area (Å²) >= 11 is 0. The van der Waals surface area contributed by atoms with Gasteiger partial charge in [0.2, 0.25) is 0 Å². The van der Waals surface area contributed by atoms with Gasteiger partial charge >= 0.3 is 6.03 Å². The van der Waals surface area contributed by atoms with Crippen molar-refractivity contribution in [1.29, 1.82) is 0 Å². The van der Waals surface area contributed by atoms with Crippen LogP contribution in [-0.4, -0.2) is 42.2 Å². The maximum atomic E-state index is 12.3. The van der Waals surface area contributed by atoms with Gasteiger partial charge in [0.1, 0.15) is 5.75 Å². The highest BCUT2D eigenvalue weighted by atomic mass is 16.5. The lowest BCUT2D eigenvalue weighted by molar-refractivity contribution is 0.189. The molecule has 1 aromatic rings. The van der Waals surface area contributed by atoms with E-state index in [9.17, 15) is 4.79 Å². The van der Waals surface area contributed by atoms with Gasteiger partial charge < -0.3 is 15.4 Å². The molecule has 2 N–H and O–H groups in total. The number of anilines is 1. The van der Waals surface area contributed by atoms with Crippen LogP contribution in [-0.2, 0) is 0 Å². The summed E-state index contributed by atoms with van der Waals surface area (Å²) in [4.78, 5) is 14.8. The van der Waals surface area contributed by atoms with Gasteiger partial charge in [0.05, 0.1) is 11.8 Å². The van der Waals surface area contributed by atoms with Gasteiger partial charge in [-0.25, -0.2) is 4.79 Å². The first-order chi connectivity index (χ1) is 11.1. The molecule has 2 aliphatic rings. The molecule has 2 heterocycles. The second-order valence-corrected chi connectivity index (χ2v) is 6.89. The first-order valence-corrected chi connectivity index (χ1v) is 8.65. The SMILES string of the molecule is CC(C)Oc1ccccc1NC(=O)NCC12CCCN1CCC2. The number of ether oxygens (including phenoxy) is 1. The lowest BCUT2D eigenvalue weighted by atomic mass is 9.94. The molecule has 5 nitrogen and oxygen atoms in total. The number of nitrogens with one attached hydrogen (secondary N) is 2. The third-order valence-corrected chi connectivity index (χ3v) is 4.89. The van der Waals surface area contributed by atoms with Gasteiger partial charge in [0.15, 0.2) is 0 Å². The van der Waals surface area contributed by atoms with E-state index < -0.39 is 0 Å². The van der Waals surface area contributed by atoms with Crippen LogP contribution < -0.4 is 15.4 Å². The van der Waals surface area contributed by atoms with E-state index in [2.05, 4.69) is 15.5 Å². The summed E-state index contributed by atoms with van der Waals surface area (Å²) in [6.45, 7) is 7.03. The van der Waals surface area contributed by atoms with E-state index in [1.54, 1.807) is 0 Å². The Hall–Kier alpha value is -1.75. The number of fused-ring (bicyclic) bond motifs is 1. The van der Waals surface area contributed by atoms with Crippen LogP contribution in [0.4, 0.5) is 10.5 Å². The van der Waals surface area contributed by atoms with Crippen molar-refractivity contribution in [2.75, 3.05) is 25.0 Å². The molecule has 2 aliphatic heterocycles. The molecule has 0 aliphatic carbocycles. The molecule has 2 fully saturated rings. The molecule has 2 saturated heterocycles. The largest absolute Gasteiger partial charge is 0.489 e. The van der Waals surface area contributed by atoms with Crippen molar-refractivity contribution in [2.24, 2.45) is 0 Å². The monoisotopic (exact) mass is 317 g/mol. The Bertz CT molecular complexity index is 549. The minimum absolute atomic E-state index is 0.0745. The Balaban J connectivity index is 1.58. The maximum absolute atomic E-state index is 12.3. The first-order valence-electron chi connectivity index (χ1n) is 8.65. The quantitative estimate of drug-likeness (QED) is 0.876. The number of nitrogens with zero attached hydrogens (tertiary/aromatic N) is 1. The molecule has 3 rings (SSSR count). The van der Waals surface area contributed by atoms with Gasteiger partial charge in [-0.2, -0.15) is 0 Å². The predicted molar refractivity (Wildman–Crippen MR) is 92.0 cm³/mol. The predicted octanol–water partition coefficient (Wildman–Crippen LogP) is 3.22. The van der Waals surface area contributed by atoms with Crippen molar-refractivity contribution in [3.05, 3.63) is 24.3 Å². The minimum Gasteiger partial charge on any atom is -0.489 e.